The monoisotopic (exact) mass is 273 g/mol. The van der Waals surface area contributed by atoms with E-state index in [0.717, 1.165) is 10.6 Å². The molecule has 1 aromatic carbocycles. The average molecular weight is 274 g/mol. The molecular formula is C10H12BrNOS. The maximum atomic E-state index is 10.1. The Morgan fingerprint density at radius 2 is 2.00 bits per heavy atom. The molecule has 2 rings (SSSR count). The molecular weight excluding hydrogens is 262 g/mol. The Balaban J connectivity index is 0.000000980. The molecule has 0 aromatic heterocycles. The highest BCUT2D eigenvalue weighted by molar-refractivity contribution is 8.93. The lowest BCUT2D eigenvalue weighted by Crippen LogP contribution is -2.22. The molecule has 1 unspecified atom stereocenters. The van der Waals surface area contributed by atoms with E-state index in [1.165, 1.54) is 0 Å². The van der Waals surface area contributed by atoms with Crippen LogP contribution >= 0.6 is 28.7 Å². The summed E-state index contributed by atoms with van der Waals surface area (Å²) in [6, 6.07) is 9.58. The fraction of sp³-hybridized carbons (Fsp3) is 0.300. The normalized spacial score (nSPS) is 25.4. The van der Waals surface area contributed by atoms with Crippen LogP contribution in [0, 0.1) is 0 Å². The van der Waals surface area contributed by atoms with Crippen LogP contribution in [-0.2, 0) is 5.72 Å². The number of nitrogens with zero attached hydrogens (tertiary/aromatic N) is 1. The van der Waals surface area contributed by atoms with Gasteiger partial charge < -0.3 is 5.11 Å². The van der Waals surface area contributed by atoms with E-state index in [2.05, 4.69) is 4.99 Å². The van der Waals surface area contributed by atoms with Crippen molar-refractivity contribution in [1.29, 1.82) is 0 Å². The lowest BCUT2D eigenvalue weighted by atomic mass is 10.1. The van der Waals surface area contributed by atoms with Gasteiger partial charge in [0.2, 0.25) is 0 Å². The number of aliphatic imine (C=N–C) groups is 1. The SMILES string of the molecule is Br.CC1=NC(O)(c2ccccc2)CS1. The second kappa shape index (κ2) is 4.47. The molecule has 1 aromatic rings. The minimum Gasteiger partial charge on any atom is -0.365 e. The van der Waals surface area contributed by atoms with Gasteiger partial charge in [-0.1, -0.05) is 30.3 Å². The van der Waals surface area contributed by atoms with Crippen molar-refractivity contribution < 1.29 is 5.11 Å². The Morgan fingerprint density at radius 3 is 2.50 bits per heavy atom. The Morgan fingerprint density at radius 1 is 1.36 bits per heavy atom. The first-order valence-electron chi connectivity index (χ1n) is 4.18. The molecule has 1 aliphatic heterocycles. The summed E-state index contributed by atoms with van der Waals surface area (Å²) >= 11 is 1.60. The molecule has 0 amide bonds. The molecule has 4 heteroatoms. The van der Waals surface area contributed by atoms with E-state index in [4.69, 9.17) is 0 Å². The third kappa shape index (κ3) is 2.19. The molecule has 0 bridgehead atoms. The van der Waals surface area contributed by atoms with Gasteiger partial charge in [0.15, 0.2) is 5.72 Å². The van der Waals surface area contributed by atoms with E-state index < -0.39 is 5.72 Å². The van der Waals surface area contributed by atoms with Gasteiger partial charge in [-0.15, -0.1) is 28.7 Å². The lowest BCUT2D eigenvalue weighted by Gasteiger charge is -2.18. The van der Waals surface area contributed by atoms with Crippen molar-refractivity contribution in [2.24, 2.45) is 4.99 Å². The van der Waals surface area contributed by atoms with Crippen molar-refractivity contribution in [3.63, 3.8) is 0 Å². The van der Waals surface area contributed by atoms with Crippen LogP contribution in [0.15, 0.2) is 35.3 Å². The van der Waals surface area contributed by atoms with Crippen molar-refractivity contribution >= 4 is 33.8 Å². The first kappa shape index (κ1) is 11.8. The molecule has 1 heterocycles. The number of halogens is 1. The Kier molecular flexibility index (Phi) is 3.75. The standard InChI is InChI=1S/C10H11NOS.BrH/c1-8-11-10(12,7-13-8)9-5-3-2-4-6-9;/h2-6,12H,7H2,1H3;1H. The highest BCUT2D eigenvalue weighted by atomic mass is 79.9. The van der Waals surface area contributed by atoms with Crippen LogP contribution in [0.25, 0.3) is 0 Å². The molecule has 2 nitrogen and oxygen atoms in total. The van der Waals surface area contributed by atoms with Crippen LogP contribution < -0.4 is 0 Å². The fourth-order valence-electron chi connectivity index (χ4n) is 1.38. The van der Waals surface area contributed by atoms with Crippen LogP contribution in [-0.4, -0.2) is 15.9 Å². The topological polar surface area (TPSA) is 32.6 Å². The van der Waals surface area contributed by atoms with Crippen LogP contribution in [0.4, 0.5) is 0 Å². The second-order valence-corrected chi connectivity index (χ2v) is 4.27. The van der Waals surface area contributed by atoms with Crippen LogP contribution in [0.1, 0.15) is 12.5 Å². The van der Waals surface area contributed by atoms with E-state index in [0.29, 0.717) is 5.75 Å². The molecule has 0 aliphatic carbocycles. The molecule has 1 N–H and O–H groups in total. The lowest BCUT2D eigenvalue weighted by molar-refractivity contribution is 0.0758. The second-order valence-electron chi connectivity index (χ2n) is 3.10. The van der Waals surface area contributed by atoms with Crippen LogP contribution in [0.5, 0.6) is 0 Å². The summed E-state index contributed by atoms with van der Waals surface area (Å²) in [6.45, 7) is 1.92. The third-order valence-electron chi connectivity index (χ3n) is 2.06. The molecule has 0 fully saturated rings. The number of hydrogen-bond donors (Lipinski definition) is 1. The number of rotatable bonds is 1. The Bertz CT molecular complexity index is 341. The molecule has 0 radical (unpaired) electrons. The van der Waals surface area contributed by atoms with Crippen molar-refractivity contribution in [3.05, 3.63) is 35.9 Å². The van der Waals surface area contributed by atoms with Crippen LogP contribution in [0.2, 0.25) is 0 Å². The highest BCUT2D eigenvalue weighted by Crippen LogP contribution is 2.33. The Hall–Kier alpha value is -0.320. The van der Waals surface area contributed by atoms with E-state index in [9.17, 15) is 5.11 Å². The summed E-state index contributed by atoms with van der Waals surface area (Å²) in [5, 5.41) is 11.1. The molecule has 76 valence electrons. The van der Waals surface area contributed by atoms with E-state index in [-0.39, 0.29) is 17.0 Å². The van der Waals surface area contributed by atoms with Crippen molar-refractivity contribution in [1.82, 2.24) is 0 Å². The van der Waals surface area contributed by atoms with Crippen molar-refractivity contribution in [2.45, 2.75) is 12.6 Å². The zero-order chi connectivity index (χ0) is 9.31. The minimum atomic E-state index is -0.990. The maximum Gasteiger partial charge on any atom is 0.192 e. The van der Waals surface area contributed by atoms with Crippen molar-refractivity contribution in [2.75, 3.05) is 5.75 Å². The van der Waals surface area contributed by atoms with Gasteiger partial charge in [-0.3, -0.25) is 0 Å². The molecule has 0 spiro atoms. The summed E-state index contributed by atoms with van der Waals surface area (Å²) in [4.78, 5) is 4.23. The summed E-state index contributed by atoms with van der Waals surface area (Å²) < 4.78 is 0. The molecule has 0 saturated heterocycles. The summed E-state index contributed by atoms with van der Waals surface area (Å²) in [6.07, 6.45) is 0. The first-order valence-corrected chi connectivity index (χ1v) is 5.16. The zero-order valence-corrected chi connectivity index (χ0v) is 10.3. The smallest absolute Gasteiger partial charge is 0.192 e. The number of benzene rings is 1. The predicted molar refractivity (Wildman–Crippen MR) is 66.2 cm³/mol. The van der Waals surface area contributed by atoms with E-state index in [1.807, 2.05) is 37.3 Å². The minimum absolute atomic E-state index is 0. The summed E-state index contributed by atoms with van der Waals surface area (Å²) in [7, 11) is 0. The first-order chi connectivity index (χ1) is 6.21. The average Bonchev–Trinajstić information content (AvgIpc) is 2.49. The van der Waals surface area contributed by atoms with Gasteiger partial charge in [0.25, 0.3) is 0 Å². The van der Waals surface area contributed by atoms with Gasteiger partial charge >= 0.3 is 0 Å². The predicted octanol–water partition coefficient (Wildman–Crippen LogP) is 2.57. The van der Waals surface area contributed by atoms with Gasteiger partial charge in [0.1, 0.15) is 0 Å². The maximum absolute atomic E-state index is 10.1. The van der Waals surface area contributed by atoms with Crippen molar-refractivity contribution in [3.8, 4) is 0 Å². The van der Waals surface area contributed by atoms with E-state index in [1.54, 1.807) is 11.8 Å². The van der Waals surface area contributed by atoms with Gasteiger partial charge in [0, 0.05) is 5.56 Å². The number of aliphatic hydroxyl groups is 1. The van der Waals surface area contributed by atoms with Gasteiger partial charge in [0.05, 0.1) is 10.8 Å². The Labute approximate surface area is 98.2 Å². The van der Waals surface area contributed by atoms with Gasteiger partial charge in [-0.25, -0.2) is 4.99 Å². The highest BCUT2D eigenvalue weighted by Gasteiger charge is 2.33. The largest absolute Gasteiger partial charge is 0.365 e. The molecule has 1 aliphatic rings. The van der Waals surface area contributed by atoms with E-state index >= 15 is 0 Å². The van der Waals surface area contributed by atoms with Crippen LogP contribution in [0.3, 0.4) is 0 Å². The zero-order valence-electron chi connectivity index (χ0n) is 7.80. The third-order valence-corrected chi connectivity index (χ3v) is 3.12. The molecule has 1 atom stereocenters. The quantitative estimate of drug-likeness (QED) is 0.853. The summed E-state index contributed by atoms with van der Waals surface area (Å²) in [5.74, 6) is 0.628. The number of thioether (sulfide) groups is 1. The molecule has 14 heavy (non-hydrogen) atoms. The number of hydrogen-bond acceptors (Lipinski definition) is 3. The fourth-order valence-corrected chi connectivity index (χ4v) is 2.24. The van der Waals surface area contributed by atoms with Gasteiger partial charge in [-0.2, -0.15) is 0 Å². The summed E-state index contributed by atoms with van der Waals surface area (Å²) in [5.41, 5.74) is -0.116. The van der Waals surface area contributed by atoms with Gasteiger partial charge in [-0.05, 0) is 6.92 Å². The molecule has 0 saturated carbocycles.